The first-order valence-corrected chi connectivity index (χ1v) is 8.24. The fraction of sp³-hybridized carbons (Fsp3) is 0.222. The average molecular weight is 391 g/mol. The summed E-state index contributed by atoms with van der Waals surface area (Å²) in [6, 6.07) is 11.7. The summed E-state index contributed by atoms with van der Waals surface area (Å²) in [6.45, 7) is 2.47. The van der Waals surface area contributed by atoms with Crippen LogP contribution in [-0.4, -0.2) is 31.1 Å². The molecule has 5 nitrogen and oxygen atoms in total. The van der Waals surface area contributed by atoms with E-state index >= 15 is 0 Å². The van der Waals surface area contributed by atoms with Gasteiger partial charge in [-0.3, -0.25) is 4.79 Å². The number of esters is 1. The van der Waals surface area contributed by atoms with Crippen LogP contribution >= 0.6 is 15.9 Å². The molecule has 0 fully saturated rings. The lowest BCUT2D eigenvalue weighted by Gasteiger charge is -2.19. The second kappa shape index (κ2) is 7.05. The first-order chi connectivity index (χ1) is 11.5. The zero-order valence-electron chi connectivity index (χ0n) is 13.0. The van der Waals surface area contributed by atoms with Crippen molar-refractivity contribution in [2.45, 2.75) is 13.0 Å². The third-order valence-corrected chi connectivity index (χ3v) is 4.09. The smallest absolute Gasteiger partial charge is 0.338 e. The Hall–Kier alpha value is -2.34. The van der Waals surface area contributed by atoms with Crippen LogP contribution in [0.25, 0.3) is 0 Å². The highest BCUT2D eigenvalue weighted by molar-refractivity contribution is 9.10. The summed E-state index contributed by atoms with van der Waals surface area (Å²) in [6.07, 6.45) is -0.883. The van der Waals surface area contributed by atoms with Gasteiger partial charge in [0.2, 0.25) is 5.78 Å². The number of ether oxygens (including phenoxy) is 3. The van der Waals surface area contributed by atoms with Gasteiger partial charge in [0.25, 0.3) is 0 Å². The van der Waals surface area contributed by atoms with Crippen molar-refractivity contribution in [2.24, 2.45) is 0 Å². The van der Waals surface area contributed by atoms with Crippen molar-refractivity contribution in [3.63, 3.8) is 0 Å². The van der Waals surface area contributed by atoms with Crippen LogP contribution in [0, 0.1) is 0 Å². The number of Topliss-reactive ketones (excluding diaryl/α,β-unsaturated/α-hetero) is 1. The zero-order chi connectivity index (χ0) is 17.1. The van der Waals surface area contributed by atoms with Gasteiger partial charge in [0, 0.05) is 10.0 Å². The molecule has 0 aromatic heterocycles. The van der Waals surface area contributed by atoms with Crippen LogP contribution in [0.3, 0.4) is 0 Å². The number of halogens is 1. The Labute approximate surface area is 147 Å². The predicted molar refractivity (Wildman–Crippen MR) is 90.8 cm³/mol. The lowest BCUT2D eigenvalue weighted by molar-refractivity contribution is 0.0318. The maximum absolute atomic E-state index is 12.3. The van der Waals surface area contributed by atoms with E-state index in [2.05, 4.69) is 15.9 Å². The molecule has 1 atom stereocenters. The minimum atomic E-state index is -0.883. The van der Waals surface area contributed by atoms with Crippen molar-refractivity contribution in [2.75, 3.05) is 13.2 Å². The summed E-state index contributed by atoms with van der Waals surface area (Å²) in [5.41, 5.74) is 0.801. The van der Waals surface area contributed by atoms with Crippen LogP contribution in [0.1, 0.15) is 27.6 Å². The molecule has 0 saturated carbocycles. The van der Waals surface area contributed by atoms with E-state index in [1.807, 2.05) is 0 Å². The van der Waals surface area contributed by atoms with Gasteiger partial charge in [-0.25, -0.2) is 4.79 Å². The highest BCUT2D eigenvalue weighted by Crippen LogP contribution is 2.31. The molecular weight excluding hydrogens is 376 g/mol. The van der Waals surface area contributed by atoms with Gasteiger partial charge in [0.1, 0.15) is 13.2 Å². The lowest BCUT2D eigenvalue weighted by Crippen LogP contribution is -2.24. The fourth-order valence-corrected chi connectivity index (χ4v) is 2.57. The molecule has 6 heteroatoms. The molecule has 0 bridgehead atoms. The van der Waals surface area contributed by atoms with Crippen molar-refractivity contribution in [3.05, 3.63) is 58.1 Å². The average Bonchev–Trinajstić information content (AvgIpc) is 2.61. The normalized spacial score (nSPS) is 13.9. The fourth-order valence-electron chi connectivity index (χ4n) is 2.30. The standard InChI is InChI=1S/C18H15BrO5/c1-11(17(20)12-2-5-14(19)6-3-12)24-18(21)13-4-7-15-16(10-13)23-9-8-22-15/h2-7,10-11H,8-9H2,1H3/t11-/m1/s1. The van der Waals surface area contributed by atoms with Gasteiger partial charge in [0.05, 0.1) is 5.56 Å². The minimum absolute atomic E-state index is 0.256. The van der Waals surface area contributed by atoms with Crippen molar-refractivity contribution >= 4 is 27.7 Å². The zero-order valence-corrected chi connectivity index (χ0v) is 14.5. The molecule has 124 valence electrons. The number of benzene rings is 2. The third kappa shape index (κ3) is 3.59. The maximum Gasteiger partial charge on any atom is 0.338 e. The van der Waals surface area contributed by atoms with Crippen molar-refractivity contribution in [3.8, 4) is 11.5 Å². The SMILES string of the molecule is C[C@@H](OC(=O)c1ccc2c(c1)OCCO2)C(=O)c1ccc(Br)cc1. The van der Waals surface area contributed by atoms with E-state index in [-0.39, 0.29) is 5.78 Å². The molecule has 24 heavy (non-hydrogen) atoms. The van der Waals surface area contributed by atoms with Crippen LogP contribution in [0.5, 0.6) is 11.5 Å². The van der Waals surface area contributed by atoms with E-state index < -0.39 is 12.1 Å². The topological polar surface area (TPSA) is 61.8 Å². The second-order valence-corrected chi connectivity index (χ2v) is 6.19. The van der Waals surface area contributed by atoms with Gasteiger partial charge < -0.3 is 14.2 Å². The summed E-state index contributed by atoms with van der Waals surface area (Å²) >= 11 is 3.31. The number of ketones is 1. The summed E-state index contributed by atoms with van der Waals surface area (Å²) in [4.78, 5) is 24.6. The molecule has 0 saturated heterocycles. The quantitative estimate of drug-likeness (QED) is 0.588. The molecule has 0 unspecified atom stereocenters. The van der Waals surface area contributed by atoms with Gasteiger partial charge in [-0.1, -0.05) is 28.1 Å². The summed E-state index contributed by atoms with van der Waals surface area (Å²) in [5.74, 6) is 0.262. The maximum atomic E-state index is 12.3. The van der Waals surface area contributed by atoms with Gasteiger partial charge in [-0.05, 0) is 37.3 Å². The molecule has 2 aromatic rings. The number of carbonyl (C=O) groups is 2. The Morgan fingerprint density at radius 3 is 2.33 bits per heavy atom. The Kier molecular flexibility index (Phi) is 4.85. The Morgan fingerprint density at radius 1 is 1.00 bits per heavy atom. The molecule has 1 aliphatic heterocycles. The molecule has 1 aliphatic rings. The van der Waals surface area contributed by atoms with E-state index in [9.17, 15) is 9.59 Å². The van der Waals surface area contributed by atoms with E-state index in [1.54, 1.807) is 49.4 Å². The number of hydrogen-bond acceptors (Lipinski definition) is 5. The van der Waals surface area contributed by atoms with Crippen LogP contribution in [0.2, 0.25) is 0 Å². The Bertz CT molecular complexity index is 769. The third-order valence-electron chi connectivity index (χ3n) is 3.56. The summed E-state index contributed by atoms with van der Waals surface area (Å²) < 4.78 is 17.0. The highest BCUT2D eigenvalue weighted by atomic mass is 79.9. The van der Waals surface area contributed by atoms with Gasteiger partial charge in [-0.15, -0.1) is 0 Å². The lowest BCUT2D eigenvalue weighted by atomic mass is 10.1. The molecule has 0 radical (unpaired) electrons. The van der Waals surface area contributed by atoms with E-state index in [0.29, 0.717) is 35.8 Å². The van der Waals surface area contributed by atoms with Crippen LogP contribution in [0.15, 0.2) is 46.9 Å². The largest absolute Gasteiger partial charge is 0.486 e. The molecule has 0 spiro atoms. The number of fused-ring (bicyclic) bond motifs is 1. The van der Waals surface area contributed by atoms with Crippen LogP contribution < -0.4 is 9.47 Å². The Balaban J connectivity index is 1.69. The van der Waals surface area contributed by atoms with Gasteiger partial charge >= 0.3 is 5.97 Å². The highest BCUT2D eigenvalue weighted by Gasteiger charge is 2.22. The first-order valence-electron chi connectivity index (χ1n) is 7.45. The molecule has 0 N–H and O–H groups in total. The molecule has 1 heterocycles. The predicted octanol–water partition coefficient (Wildman–Crippen LogP) is 3.65. The second-order valence-electron chi connectivity index (χ2n) is 5.28. The number of hydrogen-bond donors (Lipinski definition) is 0. The van der Waals surface area contributed by atoms with E-state index in [4.69, 9.17) is 14.2 Å². The van der Waals surface area contributed by atoms with Crippen molar-refractivity contribution < 1.29 is 23.8 Å². The summed E-state index contributed by atoms with van der Waals surface area (Å²) in [5, 5.41) is 0. The first kappa shape index (κ1) is 16.5. The van der Waals surface area contributed by atoms with Crippen LogP contribution in [0.4, 0.5) is 0 Å². The van der Waals surface area contributed by atoms with Gasteiger partial charge in [-0.2, -0.15) is 0 Å². The van der Waals surface area contributed by atoms with E-state index in [1.165, 1.54) is 0 Å². The minimum Gasteiger partial charge on any atom is -0.486 e. The van der Waals surface area contributed by atoms with Crippen molar-refractivity contribution in [1.82, 2.24) is 0 Å². The van der Waals surface area contributed by atoms with E-state index in [0.717, 1.165) is 4.47 Å². The summed E-state index contributed by atoms with van der Waals surface area (Å²) in [7, 11) is 0. The number of rotatable bonds is 4. The molecule has 0 amide bonds. The Morgan fingerprint density at radius 2 is 1.62 bits per heavy atom. The molecule has 3 rings (SSSR count). The van der Waals surface area contributed by atoms with Gasteiger partial charge in [0.15, 0.2) is 17.6 Å². The molecular formula is C18H15BrO5. The van der Waals surface area contributed by atoms with Crippen LogP contribution in [-0.2, 0) is 4.74 Å². The number of carbonyl (C=O) groups excluding carboxylic acids is 2. The molecule has 0 aliphatic carbocycles. The molecule has 2 aromatic carbocycles. The van der Waals surface area contributed by atoms with Crippen molar-refractivity contribution in [1.29, 1.82) is 0 Å². The monoisotopic (exact) mass is 390 g/mol.